The smallest absolute Gasteiger partial charge is 0.408 e. The second-order valence-corrected chi connectivity index (χ2v) is 6.69. The van der Waals surface area contributed by atoms with Gasteiger partial charge in [-0.2, -0.15) is 0 Å². The van der Waals surface area contributed by atoms with Crippen LogP contribution in [0.4, 0.5) is 13.6 Å². The fraction of sp³-hybridized carbons (Fsp3) is 0.857. The summed E-state index contributed by atoms with van der Waals surface area (Å²) < 4.78 is 32.6. The minimum Gasteiger partial charge on any atom is -0.481 e. The quantitative estimate of drug-likeness (QED) is 0.701. The van der Waals surface area contributed by atoms with Gasteiger partial charge in [0.15, 0.2) is 0 Å². The van der Waals surface area contributed by atoms with Gasteiger partial charge in [0, 0.05) is 19.4 Å². The van der Waals surface area contributed by atoms with Crippen molar-refractivity contribution in [2.45, 2.75) is 63.8 Å². The zero-order valence-corrected chi connectivity index (χ0v) is 13.5. The number of amides is 1. The molecule has 134 valence electrons. The first-order valence-electron chi connectivity index (χ1n) is 7.41. The van der Waals surface area contributed by atoms with Gasteiger partial charge in [0.05, 0.1) is 12.6 Å². The normalized spacial score (nSPS) is 25.0. The molecule has 1 fully saturated rings. The molecule has 3 N–H and O–H groups in total. The number of ether oxygens (including phenoxy) is 1. The molecule has 0 aliphatic carbocycles. The Balaban J connectivity index is 2.67. The van der Waals surface area contributed by atoms with Crippen LogP contribution in [0.1, 0.15) is 40.0 Å². The van der Waals surface area contributed by atoms with Crippen LogP contribution in [0.25, 0.3) is 0 Å². The highest BCUT2D eigenvalue weighted by Crippen LogP contribution is 2.30. The average Bonchev–Trinajstić information content (AvgIpc) is 2.31. The maximum absolute atomic E-state index is 13.8. The third-order valence-corrected chi connectivity index (χ3v) is 3.23. The van der Waals surface area contributed by atoms with Crippen LogP contribution in [0.15, 0.2) is 0 Å². The molecule has 1 unspecified atom stereocenters. The van der Waals surface area contributed by atoms with Crippen molar-refractivity contribution in [1.29, 1.82) is 0 Å². The third kappa shape index (κ3) is 7.08. The molecule has 2 atom stereocenters. The number of alkyl halides is 2. The van der Waals surface area contributed by atoms with Crippen molar-refractivity contribution in [2.24, 2.45) is 0 Å². The molecule has 1 aliphatic rings. The Morgan fingerprint density at radius 2 is 2.00 bits per heavy atom. The number of halogens is 2. The number of aliphatic carboxylic acids is 1. The van der Waals surface area contributed by atoms with E-state index in [1.807, 2.05) is 0 Å². The van der Waals surface area contributed by atoms with E-state index in [0.29, 0.717) is 0 Å². The number of aliphatic hydroxyl groups is 1. The van der Waals surface area contributed by atoms with Crippen LogP contribution in [0.5, 0.6) is 0 Å². The van der Waals surface area contributed by atoms with E-state index in [1.165, 1.54) is 0 Å². The summed E-state index contributed by atoms with van der Waals surface area (Å²) in [6.07, 6.45) is -2.97. The highest BCUT2D eigenvalue weighted by Gasteiger charge is 2.46. The highest BCUT2D eigenvalue weighted by molar-refractivity contribution is 5.68. The summed E-state index contributed by atoms with van der Waals surface area (Å²) in [6.45, 7) is 4.22. The number of rotatable bonds is 5. The Bertz CT molecular complexity index is 439. The molecular weight excluding hydrogens is 314 g/mol. The number of aliphatic hydroxyl groups excluding tert-OH is 1. The Morgan fingerprint density at radius 1 is 1.39 bits per heavy atom. The van der Waals surface area contributed by atoms with Crippen LogP contribution in [0.2, 0.25) is 0 Å². The molecule has 0 radical (unpaired) electrons. The number of alkyl carbamates (subject to hydrolysis) is 1. The van der Waals surface area contributed by atoms with E-state index < -0.39 is 48.8 Å². The van der Waals surface area contributed by atoms with Crippen molar-refractivity contribution in [2.75, 3.05) is 13.1 Å². The van der Waals surface area contributed by atoms with Crippen molar-refractivity contribution < 1.29 is 33.3 Å². The van der Waals surface area contributed by atoms with E-state index in [2.05, 4.69) is 5.32 Å². The molecule has 1 saturated heterocycles. The number of piperidine rings is 1. The predicted octanol–water partition coefficient (Wildman–Crippen LogP) is 1.40. The van der Waals surface area contributed by atoms with Crippen molar-refractivity contribution in [3.63, 3.8) is 0 Å². The first-order valence-corrected chi connectivity index (χ1v) is 7.41. The van der Waals surface area contributed by atoms with Crippen LogP contribution in [0.3, 0.4) is 0 Å². The lowest BCUT2D eigenvalue weighted by molar-refractivity contribution is -0.150. The molecule has 1 aliphatic heterocycles. The van der Waals surface area contributed by atoms with E-state index in [0.717, 1.165) is 4.90 Å². The van der Waals surface area contributed by atoms with E-state index in [9.17, 15) is 23.5 Å². The minimum atomic E-state index is -3.10. The van der Waals surface area contributed by atoms with Crippen LogP contribution in [-0.4, -0.2) is 64.1 Å². The lowest BCUT2D eigenvalue weighted by Crippen LogP contribution is -2.61. The Labute approximate surface area is 133 Å². The number of likely N-dealkylation sites (tertiary alicyclic amines) is 1. The molecule has 7 nitrogen and oxygen atoms in total. The first kappa shape index (κ1) is 19.6. The monoisotopic (exact) mass is 338 g/mol. The van der Waals surface area contributed by atoms with Gasteiger partial charge in [-0.25, -0.2) is 13.6 Å². The van der Waals surface area contributed by atoms with Gasteiger partial charge in [0.1, 0.15) is 11.8 Å². The fourth-order valence-corrected chi connectivity index (χ4v) is 2.37. The van der Waals surface area contributed by atoms with E-state index in [4.69, 9.17) is 9.84 Å². The highest BCUT2D eigenvalue weighted by atomic mass is 19.3. The van der Waals surface area contributed by atoms with Crippen molar-refractivity contribution >= 4 is 12.1 Å². The summed E-state index contributed by atoms with van der Waals surface area (Å²) in [5.41, 5.74) is -0.784. The van der Waals surface area contributed by atoms with E-state index >= 15 is 0 Å². The number of hydrogen-bond acceptors (Lipinski definition) is 5. The number of nitrogens with zero attached hydrogens (tertiary/aromatic N) is 1. The number of carbonyl (C=O) groups excluding carboxylic acids is 1. The standard InChI is InChI=1S/C14H24F2N2O5/c1-13(2,3)23-12(22)17-9-7-14(15,16)8-18(11(9)21)6-4-5-10(19)20/h9,11,21H,4-8H2,1-3H3,(H,17,22)(H,19,20)/t9-,11?/m0/s1. The number of hydrogen-bond donors (Lipinski definition) is 3. The zero-order chi connectivity index (χ0) is 17.8. The topological polar surface area (TPSA) is 99.1 Å². The predicted molar refractivity (Wildman–Crippen MR) is 77.2 cm³/mol. The maximum atomic E-state index is 13.8. The van der Waals surface area contributed by atoms with Gasteiger partial charge in [-0.3, -0.25) is 9.69 Å². The van der Waals surface area contributed by atoms with Gasteiger partial charge in [-0.05, 0) is 27.2 Å². The van der Waals surface area contributed by atoms with Crippen LogP contribution in [-0.2, 0) is 9.53 Å². The second kappa shape index (κ2) is 7.39. The Morgan fingerprint density at radius 3 is 2.52 bits per heavy atom. The lowest BCUT2D eigenvalue weighted by Gasteiger charge is -2.42. The molecule has 0 bridgehead atoms. The van der Waals surface area contributed by atoms with Gasteiger partial charge in [0.25, 0.3) is 5.92 Å². The van der Waals surface area contributed by atoms with Crippen molar-refractivity contribution in [3.8, 4) is 0 Å². The summed E-state index contributed by atoms with van der Waals surface area (Å²) >= 11 is 0. The third-order valence-electron chi connectivity index (χ3n) is 3.23. The van der Waals surface area contributed by atoms with Gasteiger partial charge in [-0.15, -0.1) is 0 Å². The zero-order valence-electron chi connectivity index (χ0n) is 13.5. The van der Waals surface area contributed by atoms with Gasteiger partial charge in [0.2, 0.25) is 0 Å². The van der Waals surface area contributed by atoms with Gasteiger partial charge < -0.3 is 20.3 Å². The molecule has 1 rings (SSSR count). The number of nitrogens with one attached hydrogen (secondary N) is 1. The number of carboxylic acids is 1. The van der Waals surface area contributed by atoms with Crippen molar-refractivity contribution in [1.82, 2.24) is 10.2 Å². The number of carboxylic acid groups (broad SMARTS) is 1. The Kier molecular flexibility index (Phi) is 6.29. The van der Waals surface area contributed by atoms with Crippen molar-refractivity contribution in [3.05, 3.63) is 0 Å². The molecule has 0 spiro atoms. The van der Waals surface area contributed by atoms with Crippen LogP contribution < -0.4 is 5.32 Å². The molecule has 0 saturated carbocycles. The van der Waals surface area contributed by atoms with Gasteiger partial charge >= 0.3 is 12.1 Å². The number of carbonyl (C=O) groups is 2. The molecule has 0 aromatic carbocycles. The maximum Gasteiger partial charge on any atom is 0.408 e. The first-order chi connectivity index (χ1) is 10.4. The van der Waals surface area contributed by atoms with Crippen LogP contribution in [0, 0.1) is 0 Å². The summed E-state index contributed by atoms with van der Waals surface area (Å²) in [6, 6.07) is -1.20. The van der Waals surface area contributed by atoms with E-state index in [1.54, 1.807) is 20.8 Å². The Hall–Kier alpha value is -1.48. The summed E-state index contributed by atoms with van der Waals surface area (Å²) in [5.74, 6) is -4.13. The summed E-state index contributed by atoms with van der Waals surface area (Å²) in [7, 11) is 0. The average molecular weight is 338 g/mol. The van der Waals surface area contributed by atoms with E-state index in [-0.39, 0.29) is 19.4 Å². The lowest BCUT2D eigenvalue weighted by atomic mass is 10.00. The fourth-order valence-electron chi connectivity index (χ4n) is 2.37. The minimum absolute atomic E-state index is 0.00441. The molecule has 1 heterocycles. The molecule has 1 amide bonds. The SMILES string of the molecule is CC(C)(C)OC(=O)N[C@H]1CC(F)(F)CN(CCCC(=O)O)C1O. The summed E-state index contributed by atoms with van der Waals surface area (Å²) in [4.78, 5) is 23.3. The molecular formula is C14H24F2N2O5. The molecule has 23 heavy (non-hydrogen) atoms. The molecule has 0 aromatic rings. The molecule has 9 heteroatoms. The summed E-state index contributed by atoms with van der Waals surface area (Å²) in [5, 5.41) is 21.0. The second-order valence-electron chi connectivity index (χ2n) is 6.69. The van der Waals surface area contributed by atoms with Crippen LogP contribution >= 0.6 is 0 Å². The largest absolute Gasteiger partial charge is 0.481 e. The molecule has 0 aromatic heterocycles. The van der Waals surface area contributed by atoms with Gasteiger partial charge in [-0.1, -0.05) is 0 Å².